The van der Waals surface area contributed by atoms with Gasteiger partial charge in [-0.1, -0.05) is 42.5 Å². The second-order valence-corrected chi connectivity index (χ2v) is 6.32. The zero-order valence-corrected chi connectivity index (χ0v) is 15.6. The molecular formula is C22H21FN2O3. The average Bonchev–Trinajstić information content (AvgIpc) is 2.73. The molecule has 0 aliphatic heterocycles. The van der Waals surface area contributed by atoms with Gasteiger partial charge < -0.3 is 15.2 Å². The maximum atomic E-state index is 13.2. The van der Waals surface area contributed by atoms with E-state index in [1.165, 1.54) is 37.5 Å². The molecule has 1 aromatic heterocycles. The molecule has 1 amide bonds. The van der Waals surface area contributed by atoms with Crippen LogP contribution in [0.15, 0.2) is 60.8 Å². The van der Waals surface area contributed by atoms with Gasteiger partial charge in [-0.2, -0.15) is 0 Å². The third kappa shape index (κ3) is 4.18. The van der Waals surface area contributed by atoms with E-state index in [-0.39, 0.29) is 24.0 Å². The van der Waals surface area contributed by atoms with Crippen LogP contribution in [0.25, 0.3) is 0 Å². The number of carbonyl (C=O) groups excluding carboxylic acids is 1. The van der Waals surface area contributed by atoms with Crippen molar-refractivity contribution in [2.75, 3.05) is 7.05 Å². The highest BCUT2D eigenvalue weighted by molar-refractivity contribution is 5.95. The van der Waals surface area contributed by atoms with Gasteiger partial charge in [0.25, 0.3) is 5.91 Å². The van der Waals surface area contributed by atoms with Crippen LogP contribution in [0.3, 0.4) is 0 Å². The maximum Gasteiger partial charge on any atom is 0.273 e. The molecule has 6 heteroatoms. The number of hydrogen-bond acceptors (Lipinski definition) is 4. The lowest BCUT2D eigenvalue weighted by Crippen LogP contribution is -2.21. The number of amides is 1. The van der Waals surface area contributed by atoms with Gasteiger partial charge in [0.1, 0.15) is 18.5 Å². The minimum Gasteiger partial charge on any atom is -0.486 e. The Kier molecular flexibility index (Phi) is 6.01. The molecule has 1 atom stereocenters. The summed E-state index contributed by atoms with van der Waals surface area (Å²) in [6.07, 6.45) is 0.425. The number of carbonyl (C=O) groups is 1. The number of aliphatic hydroxyl groups is 1. The Morgan fingerprint density at radius 1 is 1.18 bits per heavy atom. The van der Waals surface area contributed by atoms with Crippen LogP contribution in [0, 0.1) is 12.7 Å². The number of nitrogens with zero attached hydrogens (tertiary/aromatic N) is 1. The molecule has 2 N–H and O–H groups in total. The fourth-order valence-electron chi connectivity index (χ4n) is 2.89. The van der Waals surface area contributed by atoms with Crippen molar-refractivity contribution >= 4 is 5.91 Å². The van der Waals surface area contributed by atoms with E-state index < -0.39 is 6.10 Å². The van der Waals surface area contributed by atoms with Gasteiger partial charge >= 0.3 is 0 Å². The fraction of sp³-hybridized carbons (Fsp3) is 0.182. The Labute approximate surface area is 162 Å². The highest BCUT2D eigenvalue weighted by Gasteiger charge is 2.22. The molecule has 144 valence electrons. The molecule has 1 unspecified atom stereocenters. The summed E-state index contributed by atoms with van der Waals surface area (Å²) in [5, 5.41) is 13.3. The standard InChI is InChI=1S/C22H21FN2O3/c1-14-18(20(26)16-8-10-17(23)11-9-16)12-25-19(22(27)24-2)21(14)28-13-15-6-4-3-5-7-15/h3-12,20,26H,13H2,1-2H3,(H,24,27). The van der Waals surface area contributed by atoms with E-state index in [2.05, 4.69) is 10.3 Å². The maximum absolute atomic E-state index is 13.2. The van der Waals surface area contributed by atoms with Crippen molar-refractivity contribution in [3.8, 4) is 5.75 Å². The van der Waals surface area contributed by atoms with Crippen LogP contribution in [0.2, 0.25) is 0 Å². The van der Waals surface area contributed by atoms with Crippen LogP contribution >= 0.6 is 0 Å². The van der Waals surface area contributed by atoms with Gasteiger partial charge in [-0.25, -0.2) is 9.37 Å². The Hall–Kier alpha value is -3.25. The normalized spacial score (nSPS) is 11.7. The van der Waals surface area contributed by atoms with Gasteiger partial charge in [0.15, 0.2) is 11.4 Å². The summed E-state index contributed by atoms with van der Waals surface area (Å²) in [5.41, 5.74) is 2.69. The molecule has 0 spiro atoms. The number of benzene rings is 2. The molecule has 0 radical (unpaired) electrons. The molecule has 28 heavy (non-hydrogen) atoms. The van der Waals surface area contributed by atoms with Gasteiger partial charge in [0, 0.05) is 24.4 Å². The zero-order valence-electron chi connectivity index (χ0n) is 15.6. The SMILES string of the molecule is CNC(=O)c1ncc(C(O)c2ccc(F)cc2)c(C)c1OCc1ccccc1. The van der Waals surface area contributed by atoms with E-state index in [0.29, 0.717) is 22.4 Å². The van der Waals surface area contributed by atoms with Crippen molar-refractivity contribution in [1.82, 2.24) is 10.3 Å². The average molecular weight is 380 g/mol. The molecular weight excluding hydrogens is 359 g/mol. The van der Waals surface area contributed by atoms with Crippen LogP contribution in [0.5, 0.6) is 5.75 Å². The third-order valence-corrected chi connectivity index (χ3v) is 4.47. The van der Waals surface area contributed by atoms with Crippen LogP contribution in [-0.2, 0) is 6.61 Å². The molecule has 0 aliphatic rings. The number of halogens is 1. The lowest BCUT2D eigenvalue weighted by molar-refractivity contribution is 0.0952. The van der Waals surface area contributed by atoms with Crippen molar-refractivity contribution in [3.05, 3.63) is 94.6 Å². The summed E-state index contributed by atoms with van der Waals surface area (Å²) in [5.74, 6) is -0.455. The third-order valence-electron chi connectivity index (χ3n) is 4.47. The summed E-state index contributed by atoms with van der Waals surface area (Å²) in [6.45, 7) is 2.01. The zero-order chi connectivity index (χ0) is 20.1. The molecule has 0 fully saturated rings. The van der Waals surface area contributed by atoms with Crippen molar-refractivity contribution in [2.45, 2.75) is 19.6 Å². The number of ether oxygens (including phenoxy) is 1. The van der Waals surface area contributed by atoms with Crippen LogP contribution in [0.1, 0.15) is 38.8 Å². The van der Waals surface area contributed by atoms with Crippen molar-refractivity contribution in [2.24, 2.45) is 0 Å². The van der Waals surface area contributed by atoms with Crippen molar-refractivity contribution in [1.29, 1.82) is 0 Å². The minimum atomic E-state index is -1.02. The quantitative estimate of drug-likeness (QED) is 0.686. The Balaban J connectivity index is 1.98. The lowest BCUT2D eigenvalue weighted by atomic mass is 9.98. The number of nitrogens with one attached hydrogen (secondary N) is 1. The first-order valence-corrected chi connectivity index (χ1v) is 8.83. The number of hydrogen-bond donors (Lipinski definition) is 2. The van der Waals surface area contributed by atoms with Gasteiger partial charge in [-0.3, -0.25) is 4.79 Å². The predicted molar refractivity (Wildman–Crippen MR) is 104 cm³/mol. The Bertz CT molecular complexity index is 960. The summed E-state index contributed by atoms with van der Waals surface area (Å²) >= 11 is 0. The van der Waals surface area contributed by atoms with E-state index in [4.69, 9.17) is 4.74 Å². The monoisotopic (exact) mass is 380 g/mol. The van der Waals surface area contributed by atoms with E-state index >= 15 is 0 Å². The molecule has 3 aromatic rings. The largest absolute Gasteiger partial charge is 0.486 e. The summed E-state index contributed by atoms with van der Waals surface area (Å²) in [6, 6.07) is 15.1. The van der Waals surface area contributed by atoms with Gasteiger partial charge in [0.2, 0.25) is 0 Å². The topological polar surface area (TPSA) is 71.5 Å². The number of aliphatic hydroxyl groups excluding tert-OH is 1. The molecule has 0 saturated heterocycles. The van der Waals surface area contributed by atoms with Crippen LogP contribution in [-0.4, -0.2) is 23.0 Å². The molecule has 2 aromatic carbocycles. The molecule has 0 saturated carbocycles. The second kappa shape index (κ2) is 8.63. The summed E-state index contributed by atoms with van der Waals surface area (Å²) in [7, 11) is 1.52. The first-order valence-electron chi connectivity index (χ1n) is 8.83. The Morgan fingerprint density at radius 2 is 1.86 bits per heavy atom. The smallest absolute Gasteiger partial charge is 0.273 e. The molecule has 0 aliphatic carbocycles. The summed E-state index contributed by atoms with van der Waals surface area (Å²) in [4.78, 5) is 16.4. The highest BCUT2D eigenvalue weighted by atomic mass is 19.1. The van der Waals surface area contributed by atoms with E-state index in [1.54, 1.807) is 6.92 Å². The highest BCUT2D eigenvalue weighted by Crippen LogP contribution is 2.32. The van der Waals surface area contributed by atoms with Crippen LogP contribution < -0.4 is 10.1 Å². The molecule has 0 bridgehead atoms. The first kappa shape index (κ1) is 19.5. The number of aromatic nitrogens is 1. The van der Waals surface area contributed by atoms with E-state index in [1.807, 2.05) is 30.3 Å². The van der Waals surface area contributed by atoms with Crippen molar-refractivity contribution < 1.29 is 19.0 Å². The predicted octanol–water partition coefficient (Wildman–Crippen LogP) is 3.55. The van der Waals surface area contributed by atoms with E-state index in [0.717, 1.165) is 5.56 Å². The lowest BCUT2D eigenvalue weighted by Gasteiger charge is -2.19. The van der Waals surface area contributed by atoms with Crippen LogP contribution in [0.4, 0.5) is 4.39 Å². The van der Waals surface area contributed by atoms with E-state index in [9.17, 15) is 14.3 Å². The minimum absolute atomic E-state index is 0.144. The fourth-order valence-corrected chi connectivity index (χ4v) is 2.89. The number of pyridine rings is 1. The Morgan fingerprint density at radius 3 is 2.50 bits per heavy atom. The van der Waals surface area contributed by atoms with Gasteiger partial charge in [-0.05, 0) is 30.2 Å². The molecule has 3 rings (SSSR count). The molecule has 1 heterocycles. The van der Waals surface area contributed by atoms with Gasteiger partial charge in [0.05, 0.1) is 0 Å². The van der Waals surface area contributed by atoms with Gasteiger partial charge in [-0.15, -0.1) is 0 Å². The second-order valence-electron chi connectivity index (χ2n) is 6.32. The van der Waals surface area contributed by atoms with Crippen molar-refractivity contribution in [3.63, 3.8) is 0 Å². The number of rotatable bonds is 6. The first-order chi connectivity index (χ1) is 13.5. The molecule has 5 nitrogen and oxygen atoms in total. The summed E-state index contributed by atoms with van der Waals surface area (Å²) < 4.78 is 19.1.